The molecule has 0 fully saturated rings. The predicted octanol–water partition coefficient (Wildman–Crippen LogP) is 1.93. The number of nitrogens with two attached hydrogens (primary N) is 1. The minimum Gasteiger partial charge on any atom is -0.468 e. The summed E-state index contributed by atoms with van der Waals surface area (Å²) in [5.74, 6) is 0.998. The minimum atomic E-state index is 0.721. The lowest BCUT2D eigenvalue weighted by atomic mass is 10.2. The number of hydrogen-bond acceptors (Lipinski definition) is 2. The van der Waals surface area contributed by atoms with Crippen molar-refractivity contribution in [3.8, 4) is 0 Å². The highest BCUT2D eigenvalue weighted by Crippen LogP contribution is 2.14. The van der Waals surface area contributed by atoms with Crippen LogP contribution in [0.5, 0.6) is 0 Å². The standard InChI is InChI=1S/C7H10BrNO/c8-6-4-7(10-5-6)2-1-3-9/h4-5H,1-3,9H2. The Bertz CT molecular complexity index is 197. The van der Waals surface area contributed by atoms with E-state index in [-0.39, 0.29) is 0 Å². The van der Waals surface area contributed by atoms with Crippen LogP contribution in [0.4, 0.5) is 0 Å². The molecular weight excluding hydrogens is 194 g/mol. The monoisotopic (exact) mass is 203 g/mol. The Morgan fingerprint density at radius 2 is 2.40 bits per heavy atom. The molecule has 0 unspecified atom stereocenters. The van der Waals surface area contributed by atoms with Crippen molar-refractivity contribution in [1.82, 2.24) is 0 Å². The molecule has 3 heteroatoms. The van der Waals surface area contributed by atoms with Crippen LogP contribution < -0.4 is 5.73 Å². The van der Waals surface area contributed by atoms with Gasteiger partial charge in [-0.25, -0.2) is 0 Å². The Morgan fingerprint density at radius 3 is 2.90 bits per heavy atom. The zero-order chi connectivity index (χ0) is 7.40. The van der Waals surface area contributed by atoms with Gasteiger partial charge >= 0.3 is 0 Å². The molecule has 0 aromatic carbocycles. The van der Waals surface area contributed by atoms with Crippen molar-refractivity contribution in [3.63, 3.8) is 0 Å². The van der Waals surface area contributed by atoms with Crippen molar-refractivity contribution in [3.05, 3.63) is 22.6 Å². The molecule has 0 aliphatic heterocycles. The van der Waals surface area contributed by atoms with Crippen LogP contribution in [0.25, 0.3) is 0 Å². The van der Waals surface area contributed by atoms with Crippen molar-refractivity contribution >= 4 is 15.9 Å². The van der Waals surface area contributed by atoms with Gasteiger partial charge in [-0.05, 0) is 35.0 Å². The molecule has 10 heavy (non-hydrogen) atoms. The highest BCUT2D eigenvalue weighted by Gasteiger charge is 1.96. The third-order valence-corrected chi connectivity index (χ3v) is 1.66. The number of halogens is 1. The highest BCUT2D eigenvalue weighted by atomic mass is 79.9. The summed E-state index contributed by atoms with van der Waals surface area (Å²) < 4.78 is 6.16. The topological polar surface area (TPSA) is 39.2 Å². The molecule has 0 saturated heterocycles. The lowest BCUT2D eigenvalue weighted by molar-refractivity contribution is 0.502. The second kappa shape index (κ2) is 3.78. The van der Waals surface area contributed by atoms with E-state index in [0.717, 1.165) is 29.6 Å². The van der Waals surface area contributed by atoms with E-state index in [1.807, 2.05) is 6.07 Å². The fourth-order valence-electron chi connectivity index (χ4n) is 0.761. The maximum Gasteiger partial charge on any atom is 0.105 e. The Hall–Kier alpha value is -0.280. The van der Waals surface area contributed by atoms with Crippen molar-refractivity contribution < 1.29 is 4.42 Å². The Kier molecular flexibility index (Phi) is 2.96. The minimum absolute atomic E-state index is 0.721. The average Bonchev–Trinajstić information content (AvgIpc) is 2.31. The van der Waals surface area contributed by atoms with Gasteiger partial charge in [-0.3, -0.25) is 0 Å². The second-order valence-electron chi connectivity index (χ2n) is 2.12. The summed E-state index contributed by atoms with van der Waals surface area (Å²) in [5.41, 5.74) is 5.33. The van der Waals surface area contributed by atoms with Gasteiger partial charge in [-0.1, -0.05) is 0 Å². The third kappa shape index (κ3) is 2.15. The Balaban J connectivity index is 2.42. The molecule has 2 nitrogen and oxygen atoms in total. The molecule has 2 N–H and O–H groups in total. The molecule has 1 aromatic rings. The zero-order valence-electron chi connectivity index (χ0n) is 5.64. The highest BCUT2D eigenvalue weighted by molar-refractivity contribution is 9.10. The van der Waals surface area contributed by atoms with E-state index in [9.17, 15) is 0 Å². The molecule has 0 saturated carbocycles. The van der Waals surface area contributed by atoms with E-state index in [1.54, 1.807) is 6.26 Å². The summed E-state index contributed by atoms with van der Waals surface area (Å²) in [4.78, 5) is 0. The molecule has 0 spiro atoms. The van der Waals surface area contributed by atoms with Gasteiger partial charge in [-0.15, -0.1) is 0 Å². The maximum absolute atomic E-state index is 5.33. The molecule has 1 aromatic heterocycles. The molecule has 0 amide bonds. The van der Waals surface area contributed by atoms with Gasteiger partial charge < -0.3 is 10.2 Å². The average molecular weight is 204 g/mol. The summed E-state index contributed by atoms with van der Waals surface area (Å²) in [6.45, 7) is 0.721. The van der Waals surface area contributed by atoms with Crippen LogP contribution in [0.2, 0.25) is 0 Å². The molecule has 1 heterocycles. The van der Waals surface area contributed by atoms with Crippen molar-refractivity contribution in [2.24, 2.45) is 5.73 Å². The maximum atomic E-state index is 5.33. The van der Waals surface area contributed by atoms with E-state index in [4.69, 9.17) is 10.2 Å². The summed E-state index contributed by atoms with van der Waals surface area (Å²) in [6.07, 6.45) is 3.61. The third-order valence-electron chi connectivity index (χ3n) is 1.25. The summed E-state index contributed by atoms with van der Waals surface area (Å²) in [7, 11) is 0. The van der Waals surface area contributed by atoms with Crippen LogP contribution in [0.1, 0.15) is 12.2 Å². The first-order valence-electron chi connectivity index (χ1n) is 3.26. The van der Waals surface area contributed by atoms with E-state index >= 15 is 0 Å². The quantitative estimate of drug-likeness (QED) is 0.816. The first kappa shape index (κ1) is 7.82. The van der Waals surface area contributed by atoms with E-state index in [1.165, 1.54) is 0 Å². The molecule has 0 atom stereocenters. The van der Waals surface area contributed by atoms with Gasteiger partial charge in [-0.2, -0.15) is 0 Å². The van der Waals surface area contributed by atoms with Crippen molar-refractivity contribution in [2.45, 2.75) is 12.8 Å². The molecule has 56 valence electrons. The fraction of sp³-hybridized carbons (Fsp3) is 0.429. The van der Waals surface area contributed by atoms with Gasteiger partial charge in [0.25, 0.3) is 0 Å². The number of hydrogen-bond donors (Lipinski definition) is 1. The number of rotatable bonds is 3. The van der Waals surface area contributed by atoms with Gasteiger partial charge in [0.2, 0.25) is 0 Å². The van der Waals surface area contributed by atoms with Crippen LogP contribution in [0.15, 0.2) is 21.2 Å². The van der Waals surface area contributed by atoms with E-state index < -0.39 is 0 Å². The van der Waals surface area contributed by atoms with Crippen LogP contribution in [0, 0.1) is 0 Å². The number of aryl methyl sites for hydroxylation is 1. The molecule has 1 rings (SSSR count). The van der Waals surface area contributed by atoms with Gasteiger partial charge in [0.05, 0.1) is 4.47 Å². The molecule has 0 aliphatic carbocycles. The first-order chi connectivity index (χ1) is 4.83. The lowest BCUT2D eigenvalue weighted by Gasteiger charge is -1.90. The predicted molar refractivity (Wildman–Crippen MR) is 43.8 cm³/mol. The van der Waals surface area contributed by atoms with Crippen LogP contribution >= 0.6 is 15.9 Å². The van der Waals surface area contributed by atoms with Crippen LogP contribution in [-0.2, 0) is 6.42 Å². The number of furan rings is 1. The van der Waals surface area contributed by atoms with Crippen LogP contribution in [-0.4, -0.2) is 6.54 Å². The summed E-state index contributed by atoms with van der Waals surface area (Å²) in [5, 5.41) is 0. The smallest absolute Gasteiger partial charge is 0.105 e. The Morgan fingerprint density at radius 1 is 1.60 bits per heavy atom. The molecular formula is C7H10BrNO. The van der Waals surface area contributed by atoms with E-state index in [0.29, 0.717) is 0 Å². The molecule has 0 aliphatic rings. The van der Waals surface area contributed by atoms with E-state index in [2.05, 4.69) is 15.9 Å². The normalized spacial score (nSPS) is 10.2. The lowest BCUT2D eigenvalue weighted by Crippen LogP contribution is -1.99. The SMILES string of the molecule is NCCCc1cc(Br)co1. The molecule has 0 bridgehead atoms. The zero-order valence-corrected chi connectivity index (χ0v) is 7.23. The van der Waals surface area contributed by atoms with Gasteiger partial charge in [0, 0.05) is 6.42 Å². The second-order valence-corrected chi connectivity index (χ2v) is 3.04. The molecule has 0 radical (unpaired) electrons. The van der Waals surface area contributed by atoms with Crippen LogP contribution in [0.3, 0.4) is 0 Å². The largest absolute Gasteiger partial charge is 0.468 e. The van der Waals surface area contributed by atoms with Gasteiger partial charge in [0.1, 0.15) is 12.0 Å². The fourth-order valence-corrected chi connectivity index (χ4v) is 1.11. The summed E-state index contributed by atoms with van der Waals surface area (Å²) in [6, 6.07) is 1.97. The summed E-state index contributed by atoms with van der Waals surface area (Å²) >= 11 is 3.30. The van der Waals surface area contributed by atoms with Gasteiger partial charge in [0.15, 0.2) is 0 Å². The Labute approximate surface area is 68.5 Å². The first-order valence-corrected chi connectivity index (χ1v) is 4.05. The van der Waals surface area contributed by atoms with Crippen molar-refractivity contribution in [2.75, 3.05) is 6.54 Å². The van der Waals surface area contributed by atoms with Crippen molar-refractivity contribution in [1.29, 1.82) is 0 Å².